The van der Waals surface area contributed by atoms with E-state index in [1.165, 1.54) is 0 Å². The van der Waals surface area contributed by atoms with Crippen LogP contribution < -0.4 is 4.74 Å². The highest BCUT2D eigenvalue weighted by Gasteiger charge is 2.35. The van der Waals surface area contributed by atoms with E-state index < -0.39 is 23.4 Å². The van der Waals surface area contributed by atoms with Gasteiger partial charge in [-0.3, -0.25) is 0 Å². The van der Waals surface area contributed by atoms with Gasteiger partial charge in [0.05, 0.1) is 11.3 Å². The third-order valence-corrected chi connectivity index (χ3v) is 4.19. The van der Waals surface area contributed by atoms with Crippen molar-refractivity contribution in [2.24, 2.45) is 0 Å². The zero-order chi connectivity index (χ0) is 22.8. The lowest BCUT2D eigenvalue weighted by Gasteiger charge is -2.19. The molecule has 0 spiro atoms. The minimum atomic E-state index is -4.59. The zero-order valence-corrected chi connectivity index (χ0v) is 17.7. The summed E-state index contributed by atoms with van der Waals surface area (Å²) in [5, 5.41) is 3.68. The van der Waals surface area contributed by atoms with Gasteiger partial charge in [-0.15, -0.1) is 0 Å². The zero-order valence-electron chi connectivity index (χ0n) is 17.7. The fourth-order valence-electron chi connectivity index (χ4n) is 2.78. The number of rotatable bonds is 5. The number of hydrogen-bond donors (Lipinski definition) is 0. The fraction of sp³-hybridized carbons (Fsp3) is 0.304. The second kappa shape index (κ2) is 8.45. The maximum atomic E-state index is 13.2. The van der Waals surface area contributed by atoms with Gasteiger partial charge in [-0.1, -0.05) is 24.3 Å². The third-order valence-electron chi connectivity index (χ3n) is 4.19. The first-order valence-corrected chi connectivity index (χ1v) is 9.62. The summed E-state index contributed by atoms with van der Waals surface area (Å²) in [6.45, 7) is 7.17. The van der Waals surface area contributed by atoms with Crippen molar-refractivity contribution >= 4 is 5.97 Å². The molecule has 0 amide bonds. The van der Waals surface area contributed by atoms with Crippen LogP contribution in [-0.2, 0) is 17.5 Å². The van der Waals surface area contributed by atoms with Crippen molar-refractivity contribution in [2.75, 3.05) is 0 Å². The first kappa shape index (κ1) is 22.4. The van der Waals surface area contributed by atoms with Crippen molar-refractivity contribution in [1.82, 2.24) is 9.78 Å². The van der Waals surface area contributed by atoms with E-state index in [0.29, 0.717) is 16.8 Å². The second-order valence-electron chi connectivity index (χ2n) is 8.10. The van der Waals surface area contributed by atoms with E-state index in [2.05, 4.69) is 5.10 Å². The van der Waals surface area contributed by atoms with Crippen molar-refractivity contribution in [3.63, 3.8) is 0 Å². The number of carbonyl (C=O) groups is 1. The summed E-state index contributed by atoms with van der Waals surface area (Å²) in [7, 11) is 0. The molecule has 0 atom stereocenters. The van der Waals surface area contributed by atoms with Crippen LogP contribution in [0.2, 0.25) is 0 Å². The van der Waals surface area contributed by atoms with Crippen LogP contribution in [0.15, 0.2) is 54.6 Å². The Kier molecular flexibility index (Phi) is 6.10. The monoisotopic (exact) mass is 432 g/mol. The third kappa shape index (κ3) is 5.87. The van der Waals surface area contributed by atoms with Gasteiger partial charge in [0.1, 0.15) is 12.2 Å². The first-order chi connectivity index (χ1) is 14.4. The molecular formula is C23H23F3N2O3. The molecule has 2 aromatic carbocycles. The Hall–Kier alpha value is -3.29. The lowest BCUT2D eigenvalue weighted by atomic mass is 10.1. The van der Waals surface area contributed by atoms with Crippen LogP contribution in [0.4, 0.5) is 13.2 Å². The van der Waals surface area contributed by atoms with E-state index in [1.807, 2.05) is 13.0 Å². The maximum absolute atomic E-state index is 13.2. The fourth-order valence-corrected chi connectivity index (χ4v) is 2.78. The van der Waals surface area contributed by atoms with Gasteiger partial charge in [-0.25, -0.2) is 9.48 Å². The predicted molar refractivity (Wildman–Crippen MR) is 109 cm³/mol. The smallest absolute Gasteiger partial charge is 0.435 e. The molecule has 31 heavy (non-hydrogen) atoms. The van der Waals surface area contributed by atoms with Gasteiger partial charge in [0.15, 0.2) is 5.69 Å². The number of aryl methyl sites for hydroxylation is 1. The summed E-state index contributed by atoms with van der Waals surface area (Å²) < 4.78 is 51.7. The Balaban J connectivity index is 1.80. The minimum absolute atomic E-state index is 0.00338. The highest BCUT2D eigenvalue weighted by atomic mass is 19.4. The van der Waals surface area contributed by atoms with Crippen molar-refractivity contribution in [2.45, 2.75) is 46.1 Å². The van der Waals surface area contributed by atoms with Crippen LogP contribution in [-0.4, -0.2) is 21.4 Å². The van der Waals surface area contributed by atoms with Crippen molar-refractivity contribution in [3.05, 3.63) is 77.0 Å². The highest BCUT2D eigenvalue weighted by Crippen LogP contribution is 2.32. The van der Waals surface area contributed by atoms with Gasteiger partial charge in [0, 0.05) is 6.07 Å². The molecule has 0 aliphatic rings. The molecule has 0 aliphatic carbocycles. The van der Waals surface area contributed by atoms with Gasteiger partial charge in [0.2, 0.25) is 5.88 Å². The molecule has 0 fully saturated rings. The van der Waals surface area contributed by atoms with Gasteiger partial charge >= 0.3 is 12.1 Å². The van der Waals surface area contributed by atoms with E-state index in [1.54, 1.807) is 63.2 Å². The second-order valence-corrected chi connectivity index (χ2v) is 8.10. The maximum Gasteiger partial charge on any atom is 0.435 e. The Morgan fingerprint density at radius 1 is 1.03 bits per heavy atom. The summed E-state index contributed by atoms with van der Waals surface area (Å²) in [6, 6.07) is 14.3. The Labute approximate surface area is 178 Å². The summed E-state index contributed by atoms with van der Waals surface area (Å²) in [5.41, 5.74) is 0.754. The van der Waals surface area contributed by atoms with Crippen LogP contribution >= 0.6 is 0 Å². The molecular weight excluding hydrogens is 409 g/mol. The average Bonchev–Trinajstić information content (AvgIpc) is 3.10. The largest absolute Gasteiger partial charge is 0.473 e. The summed E-state index contributed by atoms with van der Waals surface area (Å²) in [5.74, 6) is -0.485. The van der Waals surface area contributed by atoms with Crippen LogP contribution in [0.25, 0.3) is 5.69 Å². The molecule has 0 unspecified atom stereocenters. The number of benzene rings is 2. The van der Waals surface area contributed by atoms with Crippen molar-refractivity contribution in [3.8, 4) is 11.6 Å². The number of nitrogens with zero attached hydrogens (tertiary/aromatic N) is 2. The number of esters is 1. The molecule has 5 nitrogen and oxygen atoms in total. The topological polar surface area (TPSA) is 53.4 Å². The summed E-state index contributed by atoms with van der Waals surface area (Å²) in [4.78, 5) is 12.1. The van der Waals surface area contributed by atoms with E-state index >= 15 is 0 Å². The van der Waals surface area contributed by atoms with E-state index in [-0.39, 0.29) is 12.5 Å². The van der Waals surface area contributed by atoms with Crippen LogP contribution in [0.3, 0.4) is 0 Å². The Bertz CT molecular complexity index is 1060. The Morgan fingerprint density at radius 2 is 1.71 bits per heavy atom. The van der Waals surface area contributed by atoms with Gasteiger partial charge in [-0.05, 0) is 63.1 Å². The molecule has 8 heteroatoms. The lowest BCUT2D eigenvalue weighted by molar-refractivity contribution is -0.141. The van der Waals surface area contributed by atoms with E-state index in [4.69, 9.17) is 9.47 Å². The standard InChI is InChI=1S/C23H23F3N2O3/c1-15-6-5-7-18(12-15)28-20(13-19(27-28)23(24,25)26)30-14-16-8-10-17(11-9-16)21(29)31-22(2,3)4/h5-13H,14H2,1-4H3. The lowest BCUT2D eigenvalue weighted by Crippen LogP contribution is -2.23. The molecule has 1 aromatic heterocycles. The van der Waals surface area contributed by atoms with Crippen LogP contribution in [0.5, 0.6) is 5.88 Å². The molecule has 0 radical (unpaired) electrons. The molecule has 0 aliphatic heterocycles. The number of hydrogen-bond acceptors (Lipinski definition) is 4. The molecule has 3 rings (SSSR count). The summed E-state index contributed by atoms with van der Waals surface area (Å²) in [6.07, 6.45) is -4.59. The number of ether oxygens (including phenoxy) is 2. The molecule has 1 heterocycles. The van der Waals surface area contributed by atoms with Crippen LogP contribution in [0.1, 0.15) is 48.0 Å². The van der Waals surface area contributed by atoms with Gasteiger partial charge in [0.25, 0.3) is 0 Å². The van der Waals surface area contributed by atoms with E-state index in [0.717, 1.165) is 16.3 Å². The van der Waals surface area contributed by atoms with Crippen molar-refractivity contribution < 1.29 is 27.4 Å². The van der Waals surface area contributed by atoms with Gasteiger partial charge in [-0.2, -0.15) is 18.3 Å². The predicted octanol–water partition coefficient (Wildman–Crippen LogP) is 5.73. The number of halogens is 3. The minimum Gasteiger partial charge on any atom is -0.473 e. The summed E-state index contributed by atoms with van der Waals surface area (Å²) >= 11 is 0. The van der Waals surface area contributed by atoms with E-state index in [9.17, 15) is 18.0 Å². The number of alkyl halides is 3. The molecule has 3 aromatic rings. The molecule has 0 bridgehead atoms. The molecule has 164 valence electrons. The number of carbonyl (C=O) groups excluding carboxylic acids is 1. The van der Waals surface area contributed by atoms with Gasteiger partial charge < -0.3 is 9.47 Å². The molecule has 0 saturated carbocycles. The normalized spacial score (nSPS) is 12.0. The SMILES string of the molecule is Cc1cccc(-n2nc(C(F)(F)F)cc2OCc2ccc(C(=O)OC(C)(C)C)cc2)c1. The van der Waals surface area contributed by atoms with Crippen molar-refractivity contribution in [1.29, 1.82) is 0 Å². The number of aromatic nitrogens is 2. The van der Waals surface area contributed by atoms with Crippen LogP contribution in [0, 0.1) is 6.92 Å². The highest BCUT2D eigenvalue weighted by molar-refractivity contribution is 5.89. The average molecular weight is 432 g/mol. The first-order valence-electron chi connectivity index (χ1n) is 9.62. The molecule has 0 saturated heterocycles. The quantitative estimate of drug-likeness (QED) is 0.483. The molecule has 0 N–H and O–H groups in total. The Morgan fingerprint density at radius 3 is 2.29 bits per heavy atom.